The van der Waals surface area contributed by atoms with E-state index in [9.17, 15) is 4.79 Å². The molecule has 0 unspecified atom stereocenters. The molecule has 1 aliphatic carbocycles. The number of carbonyl (C=O) groups excluding carboxylic acids is 1. The Morgan fingerprint density at radius 3 is 2.23 bits per heavy atom. The number of rotatable bonds is 4. The standard InChI is InChI=1S/C25H27N3O3/c1-25(2)21(17-9-5-3-6-10-17)28(24(29)31-25)20-15-13-19(14-16-20)23-27-26-22(30-23)18-11-7-4-8-12-18/h3-12,19-21H,13-16H2,1-2H3/t19-,20-,21-/m1/s1. The van der Waals surface area contributed by atoms with E-state index in [1.54, 1.807) is 0 Å². The molecule has 0 bridgehead atoms. The Kier molecular flexibility index (Phi) is 5.00. The van der Waals surface area contributed by atoms with E-state index in [0.29, 0.717) is 11.8 Å². The molecule has 6 heteroatoms. The van der Waals surface area contributed by atoms with Crippen LogP contribution in [0, 0.1) is 0 Å². The van der Waals surface area contributed by atoms with Crippen LogP contribution in [-0.2, 0) is 4.74 Å². The summed E-state index contributed by atoms with van der Waals surface area (Å²) in [4.78, 5) is 14.8. The zero-order chi connectivity index (χ0) is 21.4. The molecule has 0 N–H and O–H groups in total. The fraction of sp³-hybridized carbons (Fsp3) is 0.400. The van der Waals surface area contributed by atoms with E-state index in [1.807, 2.05) is 67.3 Å². The van der Waals surface area contributed by atoms with E-state index in [4.69, 9.17) is 9.15 Å². The summed E-state index contributed by atoms with van der Waals surface area (Å²) < 4.78 is 11.8. The maximum Gasteiger partial charge on any atom is 0.411 e. The lowest BCUT2D eigenvalue weighted by Crippen LogP contribution is -2.42. The quantitative estimate of drug-likeness (QED) is 0.542. The van der Waals surface area contributed by atoms with Gasteiger partial charge in [0.15, 0.2) is 0 Å². The number of hydrogen-bond donors (Lipinski definition) is 0. The van der Waals surface area contributed by atoms with Gasteiger partial charge < -0.3 is 9.15 Å². The number of hydrogen-bond acceptors (Lipinski definition) is 5. The van der Waals surface area contributed by atoms with E-state index in [-0.39, 0.29) is 24.1 Å². The van der Waals surface area contributed by atoms with Crippen molar-refractivity contribution in [2.45, 2.75) is 63.1 Å². The number of cyclic esters (lactones) is 1. The molecule has 31 heavy (non-hydrogen) atoms. The maximum absolute atomic E-state index is 12.8. The van der Waals surface area contributed by atoms with Crippen molar-refractivity contribution >= 4 is 6.09 Å². The lowest BCUT2D eigenvalue weighted by molar-refractivity contribution is 0.0663. The summed E-state index contributed by atoms with van der Waals surface area (Å²) in [7, 11) is 0. The third kappa shape index (κ3) is 3.71. The zero-order valence-corrected chi connectivity index (χ0v) is 17.9. The normalized spacial score (nSPS) is 25.4. The van der Waals surface area contributed by atoms with Gasteiger partial charge >= 0.3 is 6.09 Å². The molecule has 1 aromatic heterocycles. The number of aromatic nitrogens is 2. The summed E-state index contributed by atoms with van der Waals surface area (Å²) in [6, 6.07) is 20.1. The first-order valence-corrected chi connectivity index (χ1v) is 11.0. The van der Waals surface area contributed by atoms with Crippen LogP contribution in [0.3, 0.4) is 0 Å². The van der Waals surface area contributed by atoms with Crippen molar-refractivity contribution in [3.05, 3.63) is 72.1 Å². The van der Waals surface area contributed by atoms with Crippen LogP contribution < -0.4 is 0 Å². The highest BCUT2D eigenvalue weighted by Gasteiger charge is 2.51. The second kappa shape index (κ2) is 7.84. The first kappa shape index (κ1) is 19.8. The zero-order valence-electron chi connectivity index (χ0n) is 17.9. The molecular weight excluding hydrogens is 390 g/mol. The van der Waals surface area contributed by atoms with Crippen molar-refractivity contribution in [2.24, 2.45) is 0 Å². The smallest absolute Gasteiger partial charge is 0.411 e. The van der Waals surface area contributed by atoms with Crippen LogP contribution in [0.2, 0.25) is 0 Å². The minimum absolute atomic E-state index is 0.0872. The van der Waals surface area contributed by atoms with Gasteiger partial charge in [-0.2, -0.15) is 0 Å². The van der Waals surface area contributed by atoms with Crippen LogP contribution in [0.15, 0.2) is 65.1 Å². The van der Waals surface area contributed by atoms with Crippen LogP contribution >= 0.6 is 0 Å². The average Bonchev–Trinajstić information content (AvgIpc) is 3.37. The molecule has 160 valence electrons. The number of nitrogens with zero attached hydrogens (tertiary/aromatic N) is 3. The molecular formula is C25H27N3O3. The van der Waals surface area contributed by atoms with Crippen molar-refractivity contribution < 1.29 is 13.9 Å². The molecule has 1 aliphatic heterocycles. The van der Waals surface area contributed by atoms with Crippen LogP contribution in [0.4, 0.5) is 4.79 Å². The van der Waals surface area contributed by atoms with E-state index in [0.717, 1.165) is 36.8 Å². The minimum atomic E-state index is -0.563. The molecule has 1 atom stereocenters. The second-order valence-corrected chi connectivity index (χ2v) is 9.01. The van der Waals surface area contributed by atoms with E-state index >= 15 is 0 Å². The summed E-state index contributed by atoms with van der Waals surface area (Å²) in [5, 5.41) is 8.56. The van der Waals surface area contributed by atoms with Crippen LogP contribution in [-0.4, -0.2) is 32.8 Å². The summed E-state index contributed by atoms with van der Waals surface area (Å²) in [6.07, 6.45) is 3.39. The van der Waals surface area contributed by atoms with Crippen molar-refractivity contribution in [3.63, 3.8) is 0 Å². The van der Waals surface area contributed by atoms with Crippen LogP contribution in [0.1, 0.15) is 62.9 Å². The summed E-state index contributed by atoms with van der Waals surface area (Å²) in [5.74, 6) is 1.48. The monoisotopic (exact) mass is 417 g/mol. The molecule has 3 aromatic rings. The first-order chi connectivity index (χ1) is 15.0. The summed E-state index contributed by atoms with van der Waals surface area (Å²) in [5.41, 5.74) is 1.49. The van der Waals surface area contributed by atoms with Crippen LogP contribution in [0.5, 0.6) is 0 Å². The van der Waals surface area contributed by atoms with E-state index < -0.39 is 5.60 Å². The van der Waals surface area contributed by atoms with Gasteiger partial charge in [-0.3, -0.25) is 4.90 Å². The van der Waals surface area contributed by atoms with Crippen LogP contribution in [0.25, 0.3) is 11.5 Å². The molecule has 1 saturated carbocycles. The largest absolute Gasteiger partial charge is 0.441 e. The number of benzene rings is 2. The Bertz CT molecular complexity index is 1040. The highest BCUT2D eigenvalue weighted by atomic mass is 16.6. The highest BCUT2D eigenvalue weighted by molar-refractivity contribution is 5.72. The Balaban J connectivity index is 1.31. The predicted octanol–water partition coefficient (Wildman–Crippen LogP) is 5.73. The summed E-state index contributed by atoms with van der Waals surface area (Å²) in [6.45, 7) is 4.00. The molecule has 0 spiro atoms. The Morgan fingerprint density at radius 1 is 0.903 bits per heavy atom. The van der Waals surface area contributed by atoms with Crippen molar-refractivity contribution in [2.75, 3.05) is 0 Å². The van der Waals surface area contributed by atoms with Gasteiger partial charge in [0.2, 0.25) is 11.8 Å². The topological polar surface area (TPSA) is 68.5 Å². The third-order valence-corrected chi connectivity index (χ3v) is 6.51. The number of carbonyl (C=O) groups is 1. The molecule has 0 radical (unpaired) electrons. The summed E-state index contributed by atoms with van der Waals surface area (Å²) >= 11 is 0. The molecule has 2 aromatic carbocycles. The molecule has 5 rings (SSSR count). The van der Waals surface area contributed by atoms with Gasteiger partial charge in [0.25, 0.3) is 0 Å². The Labute approximate surface area is 182 Å². The highest BCUT2D eigenvalue weighted by Crippen LogP contribution is 2.46. The Morgan fingerprint density at radius 2 is 1.55 bits per heavy atom. The van der Waals surface area contributed by atoms with Gasteiger partial charge in [-0.1, -0.05) is 48.5 Å². The lowest BCUT2D eigenvalue weighted by Gasteiger charge is -2.37. The third-order valence-electron chi connectivity index (χ3n) is 6.51. The average molecular weight is 418 g/mol. The van der Waals surface area contributed by atoms with Gasteiger partial charge in [0.1, 0.15) is 5.60 Å². The molecule has 2 heterocycles. The number of amides is 1. The van der Waals surface area contributed by atoms with Crippen molar-refractivity contribution in [3.8, 4) is 11.5 Å². The molecule has 1 amide bonds. The van der Waals surface area contributed by atoms with Gasteiger partial charge in [0, 0.05) is 17.5 Å². The SMILES string of the molecule is CC1(C)OC(=O)N([C@H]2CC[C@H](c3nnc(-c4ccccc4)o3)CC2)[C@@H]1c1ccccc1. The molecule has 2 fully saturated rings. The van der Waals surface area contributed by atoms with Crippen molar-refractivity contribution in [1.82, 2.24) is 15.1 Å². The van der Waals surface area contributed by atoms with Gasteiger partial charge in [-0.25, -0.2) is 4.79 Å². The Hall–Kier alpha value is -3.15. The van der Waals surface area contributed by atoms with Gasteiger partial charge in [-0.05, 0) is 57.2 Å². The lowest BCUT2D eigenvalue weighted by atomic mass is 9.83. The fourth-order valence-corrected chi connectivity index (χ4v) is 5.03. The predicted molar refractivity (Wildman–Crippen MR) is 116 cm³/mol. The molecule has 2 aliphatic rings. The van der Waals surface area contributed by atoms with Gasteiger partial charge in [0.05, 0.1) is 6.04 Å². The van der Waals surface area contributed by atoms with Crippen molar-refractivity contribution in [1.29, 1.82) is 0 Å². The first-order valence-electron chi connectivity index (χ1n) is 11.0. The minimum Gasteiger partial charge on any atom is -0.441 e. The van der Waals surface area contributed by atoms with E-state index in [2.05, 4.69) is 22.3 Å². The fourth-order valence-electron chi connectivity index (χ4n) is 5.03. The molecule has 6 nitrogen and oxygen atoms in total. The maximum atomic E-state index is 12.8. The molecule has 1 saturated heterocycles. The van der Waals surface area contributed by atoms with Gasteiger partial charge in [-0.15, -0.1) is 10.2 Å². The van der Waals surface area contributed by atoms with E-state index in [1.165, 1.54) is 0 Å². The number of ether oxygens (including phenoxy) is 1. The second-order valence-electron chi connectivity index (χ2n) is 9.01.